The molecule has 0 heterocycles. The summed E-state index contributed by atoms with van der Waals surface area (Å²) in [5, 5.41) is 0.638. The first-order chi connectivity index (χ1) is 8.56. The van der Waals surface area contributed by atoms with Crippen molar-refractivity contribution in [1.82, 2.24) is 0 Å². The Morgan fingerprint density at radius 3 is 2.61 bits per heavy atom. The van der Waals surface area contributed by atoms with Crippen LogP contribution in [0, 0.1) is 5.82 Å². The fourth-order valence-electron chi connectivity index (χ4n) is 1.54. The Bertz CT molecular complexity index is 557. The van der Waals surface area contributed by atoms with Gasteiger partial charge in [0.15, 0.2) is 0 Å². The Balaban J connectivity index is 2.24. The van der Waals surface area contributed by atoms with E-state index in [4.69, 9.17) is 17.3 Å². The predicted molar refractivity (Wildman–Crippen MR) is 74.6 cm³/mol. The highest BCUT2D eigenvalue weighted by molar-refractivity contribution is 7.99. The molecule has 0 unspecified atom stereocenters. The summed E-state index contributed by atoms with van der Waals surface area (Å²) in [5.41, 5.74) is 6.78. The summed E-state index contributed by atoms with van der Waals surface area (Å²) in [7, 11) is 0. The lowest BCUT2D eigenvalue weighted by molar-refractivity contribution is 0.624. The topological polar surface area (TPSA) is 26.0 Å². The molecule has 1 nitrogen and oxygen atoms in total. The average molecular weight is 282 g/mol. The summed E-state index contributed by atoms with van der Waals surface area (Å²) in [5.74, 6) is -0.247. The number of rotatable bonds is 3. The van der Waals surface area contributed by atoms with E-state index in [-0.39, 0.29) is 11.9 Å². The van der Waals surface area contributed by atoms with Crippen molar-refractivity contribution < 1.29 is 4.39 Å². The summed E-state index contributed by atoms with van der Waals surface area (Å²) in [6.45, 7) is 1.91. The van der Waals surface area contributed by atoms with Gasteiger partial charge in [-0.25, -0.2) is 4.39 Å². The fraction of sp³-hybridized carbons (Fsp3) is 0.143. The van der Waals surface area contributed by atoms with Gasteiger partial charge in [0.25, 0.3) is 0 Å². The van der Waals surface area contributed by atoms with Crippen LogP contribution in [0.1, 0.15) is 18.5 Å². The quantitative estimate of drug-likeness (QED) is 0.886. The largest absolute Gasteiger partial charge is 0.324 e. The molecule has 0 fully saturated rings. The van der Waals surface area contributed by atoms with Crippen molar-refractivity contribution in [3.05, 3.63) is 58.9 Å². The summed E-state index contributed by atoms with van der Waals surface area (Å²) in [4.78, 5) is 1.72. The van der Waals surface area contributed by atoms with Gasteiger partial charge in [-0.1, -0.05) is 35.5 Å². The van der Waals surface area contributed by atoms with Gasteiger partial charge in [0.2, 0.25) is 0 Å². The SMILES string of the molecule is C[C@@H](N)c1ccc(Sc2cccc(F)c2)c(Cl)c1. The van der Waals surface area contributed by atoms with Gasteiger partial charge in [-0.05, 0) is 42.8 Å². The van der Waals surface area contributed by atoms with E-state index in [1.54, 1.807) is 6.07 Å². The third-order valence-corrected chi connectivity index (χ3v) is 4.00. The molecule has 0 saturated heterocycles. The van der Waals surface area contributed by atoms with Crippen LogP contribution in [0.4, 0.5) is 4.39 Å². The first-order valence-electron chi connectivity index (χ1n) is 5.54. The van der Waals surface area contributed by atoms with Gasteiger partial charge in [-0.3, -0.25) is 0 Å². The van der Waals surface area contributed by atoms with Crippen LogP contribution in [0.3, 0.4) is 0 Å². The van der Waals surface area contributed by atoms with E-state index in [0.717, 1.165) is 15.4 Å². The molecule has 0 spiro atoms. The van der Waals surface area contributed by atoms with Gasteiger partial charge in [0.05, 0.1) is 5.02 Å². The van der Waals surface area contributed by atoms with E-state index in [1.165, 1.54) is 23.9 Å². The van der Waals surface area contributed by atoms with E-state index in [1.807, 2.05) is 31.2 Å². The zero-order valence-corrected chi connectivity index (χ0v) is 11.4. The van der Waals surface area contributed by atoms with Crippen LogP contribution in [-0.2, 0) is 0 Å². The average Bonchev–Trinajstić information content (AvgIpc) is 2.31. The maximum absolute atomic E-state index is 13.1. The number of halogens is 2. The summed E-state index contributed by atoms with van der Waals surface area (Å²) in [6, 6.07) is 12.1. The lowest BCUT2D eigenvalue weighted by Crippen LogP contribution is -2.04. The van der Waals surface area contributed by atoms with Crippen LogP contribution < -0.4 is 5.73 Å². The molecule has 0 bridgehead atoms. The Hall–Kier alpha value is -1.03. The molecule has 2 aromatic carbocycles. The highest BCUT2D eigenvalue weighted by Crippen LogP contribution is 2.34. The molecule has 0 aromatic heterocycles. The highest BCUT2D eigenvalue weighted by atomic mass is 35.5. The van der Waals surface area contributed by atoms with Crippen molar-refractivity contribution in [3.63, 3.8) is 0 Å². The molecule has 0 saturated carbocycles. The lowest BCUT2D eigenvalue weighted by Gasteiger charge is -2.09. The molecule has 0 aliphatic rings. The van der Waals surface area contributed by atoms with Gasteiger partial charge in [-0.15, -0.1) is 0 Å². The second kappa shape index (κ2) is 5.74. The maximum Gasteiger partial charge on any atom is 0.124 e. The van der Waals surface area contributed by atoms with Crippen LogP contribution in [0.5, 0.6) is 0 Å². The molecule has 0 aliphatic carbocycles. The van der Waals surface area contributed by atoms with Crippen LogP contribution >= 0.6 is 23.4 Å². The molecule has 2 aromatic rings. The van der Waals surface area contributed by atoms with Crippen molar-refractivity contribution in [3.8, 4) is 0 Å². The molecular weight excluding hydrogens is 269 g/mol. The molecule has 2 N–H and O–H groups in total. The third kappa shape index (κ3) is 3.25. The Morgan fingerprint density at radius 1 is 1.22 bits per heavy atom. The number of hydrogen-bond acceptors (Lipinski definition) is 2. The van der Waals surface area contributed by atoms with Crippen molar-refractivity contribution >= 4 is 23.4 Å². The normalized spacial score (nSPS) is 12.4. The first-order valence-corrected chi connectivity index (χ1v) is 6.74. The standard InChI is InChI=1S/C14H13ClFNS/c1-9(17)10-5-6-14(13(15)7-10)18-12-4-2-3-11(16)8-12/h2-9H,17H2,1H3/t9-/m1/s1. The second-order valence-corrected chi connectivity index (χ2v) is 5.56. The van der Waals surface area contributed by atoms with Crippen molar-refractivity contribution in [2.24, 2.45) is 5.73 Å². The van der Waals surface area contributed by atoms with E-state index in [9.17, 15) is 4.39 Å². The minimum absolute atomic E-state index is 0.0456. The Labute approximate surface area is 115 Å². The maximum atomic E-state index is 13.1. The molecule has 4 heteroatoms. The highest BCUT2D eigenvalue weighted by Gasteiger charge is 2.07. The number of hydrogen-bond donors (Lipinski definition) is 1. The summed E-state index contributed by atoms with van der Waals surface area (Å²) in [6.07, 6.45) is 0. The minimum Gasteiger partial charge on any atom is -0.324 e. The third-order valence-electron chi connectivity index (χ3n) is 2.51. The molecule has 18 heavy (non-hydrogen) atoms. The fourth-order valence-corrected chi connectivity index (χ4v) is 2.71. The van der Waals surface area contributed by atoms with Gasteiger partial charge < -0.3 is 5.73 Å². The smallest absolute Gasteiger partial charge is 0.124 e. The van der Waals surface area contributed by atoms with E-state index >= 15 is 0 Å². The van der Waals surface area contributed by atoms with E-state index in [0.29, 0.717) is 5.02 Å². The Kier molecular flexibility index (Phi) is 4.27. The van der Waals surface area contributed by atoms with Crippen LogP contribution in [0.25, 0.3) is 0 Å². The molecule has 0 amide bonds. The summed E-state index contributed by atoms with van der Waals surface area (Å²) >= 11 is 7.63. The molecule has 0 radical (unpaired) electrons. The number of nitrogens with two attached hydrogens (primary N) is 1. The molecule has 0 aliphatic heterocycles. The van der Waals surface area contributed by atoms with Crippen molar-refractivity contribution in [2.45, 2.75) is 22.8 Å². The number of benzene rings is 2. The lowest BCUT2D eigenvalue weighted by atomic mass is 10.1. The van der Waals surface area contributed by atoms with Gasteiger partial charge >= 0.3 is 0 Å². The first kappa shape index (κ1) is 13.4. The molecule has 2 rings (SSSR count). The van der Waals surface area contributed by atoms with Gasteiger partial charge in [0.1, 0.15) is 5.82 Å². The zero-order valence-electron chi connectivity index (χ0n) is 9.86. The second-order valence-electron chi connectivity index (χ2n) is 4.04. The van der Waals surface area contributed by atoms with Gasteiger partial charge in [-0.2, -0.15) is 0 Å². The van der Waals surface area contributed by atoms with E-state index in [2.05, 4.69) is 0 Å². The van der Waals surface area contributed by atoms with Crippen molar-refractivity contribution in [2.75, 3.05) is 0 Å². The minimum atomic E-state index is -0.247. The molecule has 1 atom stereocenters. The predicted octanol–water partition coefficient (Wildman–Crippen LogP) is 4.65. The zero-order chi connectivity index (χ0) is 13.1. The van der Waals surface area contributed by atoms with Crippen LogP contribution in [0.2, 0.25) is 5.02 Å². The van der Waals surface area contributed by atoms with Crippen molar-refractivity contribution in [1.29, 1.82) is 0 Å². The van der Waals surface area contributed by atoms with Crippen LogP contribution in [-0.4, -0.2) is 0 Å². The monoisotopic (exact) mass is 281 g/mol. The Morgan fingerprint density at radius 2 is 2.00 bits per heavy atom. The van der Waals surface area contributed by atoms with Crippen LogP contribution in [0.15, 0.2) is 52.3 Å². The summed E-state index contributed by atoms with van der Waals surface area (Å²) < 4.78 is 13.1. The van der Waals surface area contributed by atoms with E-state index < -0.39 is 0 Å². The van der Waals surface area contributed by atoms with Gasteiger partial charge in [0, 0.05) is 15.8 Å². The molecular formula is C14H13ClFNS. The molecule has 94 valence electrons.